The van der Waals surface area contributed by atoms with Crippen molar-refractivity contribution in [1.82, 2.24) is 5.32 Å². The highest BCUT2D eigenvalue weighted by atomic mass is 16.5. The summed E-state index contributed by atoms with van der Waals surface area (Å²) in [4.78, 5) is 24.5. The molecule has 0 saturated heterocycles. The molecular formula is C64H121NO5. The number of allylic oxidation sites excluding steroid dienone is 6. The van der Waals surface area contributed by atoms with Gasteiger partial charge in [0.15, 0.2) is 0 Å². The monoisotopic (exact) mass is 984 g/mol. The number of esters is 1. The van der Waals surface area contributed by atoms with Crippen molar-refractivity contribution in [2.45, 2.75) is 347 Å². The molecule has 0 aliphatic heterocycles. The molecule has 0 spiro atoms. The molecule has 0 bridgehead atoms. The first kappa shape index (κ1) is 68.1. The number of unbranched alkanes of at least 4 members (excludes halogenated alkanes) is 41. The van der Waals surface area contributed by atoms with Crippen molar-refractivity contribution in [1.29, 1.82) is 0 Å². The molecule has 0 radical (unpaired) electrons. The Morgan fingerprint density at radius 2 is 0.743 bits per heavy atom. The Kier molecular flexibility index (Phi) is 58.0. The fourth-order valence-electron chi connectivity index (χ4n) is 9.61. The van der Waals surface area contributed by atoms with Gasteiger partial charge in [0.1, 0.15) is 0 Å². The molecular weight excluding hydrogens is 863 g/mol. The number of ether oxygens (including phenoxy) is 1. The first-order valence-electron chi connectivity index (χ1n) is 31.2. The number of carbonyl (C=O) groups is 2. The minimum Gasteiger partial charge on any atom is -0.466 e. The number of aliphatic hydroxyl groups excluding tert-OH is 2. The Hall–Kier alpha value is -1.92. The van der Waals surface area contributed by atoms with E-state index in [4.69, 9.17) is 4.74 Å². The number of hydrogen-bond acceptors (Lipinski definition) is 5. The van der Waals surface area contributed by atoms with Gasteiger partial charge >= 0.3 is 5.97 Å². The molecule has 0 aliphatic carbocycles. The van der Waals surface area contributed by atoms with E-state index in [2.05, 4.69) is 55.6 Å². The van der Waals surface area contributed by atoms with Gasteiger partial charge in [-0.25, -0.2) is 0 Å². The van der Waals surface area contributed by atoms with Crippen LogP contribution in [0.15, 0.2) is 36.5 Å². The molecule has 0 aliphatic rings. The fraction of sp³-hybridized carbons (Fsp3) is 0.875. The Bertz CT molecular complexity index is 1130. The number of hydrogen-bond donors (Lipinski definition) is 3. The molecule has 0 rings (SSSR count). The smallest absolute Gasteiger partial charge is 0.305 e. The van der Waals surface area contributed by atoms with E-state index < -0.39 is 12.1 Å². The molecule has 412 valence electrons. The standard InChI is InChI=1S/C64H121NO5/c1-3-5-7-9-11-13-15-17-18-26-29-33-36-40-44-48-52-56-62(67)61(60-66)65-63(68)57-53-49-45-41-37-34-30-27-24-22-20-19-21-23-25-28-31-35-39-43-47-51-55-59-70-64(69)58-54-50-46-42-38-32-16-14-12-10-8-6-4-2/h8,10,14,16,22,24,61-62,66-67H,3-7,9,11-13,15,17-21,23,25-60H2,1-2H3,(H,65,68)/b10-8-,16-14-,24-22-. The maximum absolute atomic E-state index is 12.5. The predicted octanol–water partition coefficient (Wildman–Crippen LogP) is 19.6. The molecule has 2 unspecified atom stereocenters. The summed E-state index contributed by atoms with van der Waals surface area (Å²) >= 11 is 0. The van der Waals surface area contributed by atoms with Crippen LogP contribution in [0.1, 0.15) is 335 Å². The highest BCUT2D eigenvalue weighted by Crippen LogP contribution is 2.17. The minimum absolute atomic E-state index is 0.00379. The molecule has 1 amide bonds. The maximum atomic E-state index is 12.5. The van der Waals surface area contributed by atoms with Crippen molar-refractivity contribution in [3.8, 4) is 0 Å². The molecule has 0 aromatic carbocycles. The lowest BCUT2D eigenvalue weighted by Gasteiger charge is -2.22. The Morgan fingerprint density at radius 3 is 1.16 bits per heavy atom. The van der Waals surface area contributed by atoms with Gasteiger partial charge in [0.05, 0.1) is 25.4 Å². The summed E-state index contributed by atoms with van der Waals surface area (Å²) < 4.78 is 5.47. The lowest BCUT2D eigenvalue weighted by atomic mass is 10.0. The van der Waals surface area contributed by atoms with Gasteiger partial charge in [-0.3, -0.25) is 9.59 Å². The molecule has 2 atom stereocenters. The Labute approximate surface area is 436 Å². The Morgan fingerprint density at radius 1 is 0.400 bits per heavy atom. The van der Waals surface area contributed by atoms with Gasteiger partial charge in [-0.2, -0.15) is 0 Å². The van der Waals surface area contributed by atoms with Crippen LogP contribution in [0.2, 0.25) is 0 Å². The summed E-state index contributed by atoms with van der Waals surface area (Å²) in [5.74, 6) is -0.0432. The van der Waals surface area contributed by atoms with Crippen molar-refractivity contribution in [3.05, 3.63) is 36.5 Å². The third-order valence-corrected chi connectivity index (χ3v) is 14.4. The van der Waals surface area contributed by atoms with Crippen molar-refractivity contribution in [2.75, 3.05) is 13.2 Å². The van der Waals surface area contributed by atoms with Crippen LogP contribution in [0, 0.1) is 0 Å². The van der Waals surface area contributed by atoms with Gasteiger partial charge in [0, 0.05) is 12.8 Å². The summed E-state index contributed by atoms with van der Waals surface area (Å²) in [6.07, 6.45) is 74.4. The number of amides is 1. The first-order valence-corrected chi connectivity index (χ1v) is 31.2. The largest absolute Gasteiger partial charge is 0.466 e. The average molecular weight is 985 g/mol. The summed E-state index contributed by atoms with van der Waals surface area (Å²) in [5.41, 5.74) is 0. The molecule has 6 nitrogen and oxygen atoms in total. The zero-order valence-electron chi connectivity index (χ0n) is 47.0. The minimum atomic E-state index is -0.669. The molecule has 70 heavy (non-hydrogen) atoms. The van der Waals surface area contributed by atoms with Crippen molar-refractivity contribution >= 4 is 11.9 Å². The third kappa shape index (κ3) is 55.4. The van der Waals surface area contributed by atoms with E-state index in [1.165, 1.54) is 250 Å². The highest BCUT2D eigenvalue weighted by molar-refractivity contribution is 5.76. The maximum Gasteiger partial charge on any atom is 0.305 e. The molecule has 3 N–H and O–H groups in total. The van der Waals surface area contributed by atoms with E-state index in [9.17, 15) is 19.8 Å². The van der Waals surface area contributed by atoms with Crippen molar-refractivity contribution < 1.29 is 24.5 Å². The summed E-state index contributed by atoms with van der Waals surface area (Å²) in [7, 11) is 0. The van der Waals surface area contributed by atoms with Crippen LogP contribution in [0.4, 0.5) is 0 Å². The van der Waals surface area contributed by atoms with Crippen LogP contribution in [0.5, 0.6) is 0 Å². The van der Waals surface area contributed by atoms with Crippen LogP contribution in [0.25, 0.3) is 0 Å². The zero-order valence-corrected chi connectivity index (χ0v) is 47.0. The molecule has 0 aromatic heterocycles. The van der Waals surface area contributed by atoms with Gasteiger partial charge < -0.3 is 20.3 Å². The van der Waals surface area contributed by atoms with E-state index in [0.29, 0.717) is 25.9 Å². The second-order valence-electron chi connectivity index (χ2n) is 21.4. The SMILES string of the molecule is CCC/C=C\C/C=C\CCCCCCCC(=O)OCCCCCCCCCCCCCC/C=C\CCCCCCCCCC(=O)NC(CO)C(O)CCCCCCCCCCCCCCCCCCC. The normalized spacial score (nSPS) is 12.8. The molecule has 0 fully saturated rings. The van der Waals surface area contributed by atoms with Crippen LogP contribution >= 0.6 is 0 Å². The molecule has 0 heterocycles. The van der Waals surface area contributed by atoms with Gasteiger partial charge in [0.2, 0.25) is 5.91 Å². The van der Waals surface area contributed by atoms with Crippen LogP contribution in [-0.4, -0.2) is 47.4 Å². The number of nitrogens with one attached hydrogen (secondary N) is 1. The number of carbonyl (C=O) groups excluding carboxylic acids is 2. The van der Waals surface area contributed by atoms with E-state index >= 15 is 0 Å². The van der Waals surface area contributed by atoms with E-state index in [1.54, 1.807) is 0 Å². The van der Waals surface area contributed by atoms with E-state index in [1.807, 2.05) is 0 Å². The van der Waals surface area contributed by atoms with Crippen molar-refractivity contribution in [3.63, 3.8) is 0 Å². The van der Waals surface area contributed by atoms with Gasteiger partial charge in [-0.15, -0.1) is 0 Å². The average Bonchev–Trinajstić information content (AvgIpc) is 3.36. The van der Waals surface area contributed by atoms with Crippen LogP contribution in [-0.2, 0) is 14.3 Å². The summed E-state index contributed by atoms with van der Waals surface area (Å²) in [5, 5.41) is 23.3. The predicted molar refractivity (Wildman–Crippen MR) is 306 cm³/mol. The summed E-state index contributed by atoms with van der Waals surface area (Å²) in [6.45, 7) is 4.90. The molecule has 0 saturated carbocycles. The summed E-state index contributed by atoms with van der Waals surface area (Å²) in [6, 6.07) is -0.547. The lowest BCUT2D eigenvalue weighted by Crippen LogP contribution is -2.45. The first-order chi connectivity index (χ1) is 34.5. The second kappa shape index (κ2) is 59.6. The molecule has 6 heteroatoms. The van der Waals surface area contributed by atoms with Crippen LogP contribution < -0.4 is 5.32 Å². The van der Waals surface area contributed by atoms with E-state index in [0.717, 1.165) is 51.4 Å². The fourth-order valence-corrected chi connectivity index (χ4v) is 9.61. The second-order valence-corrected chi connectivity index (χ2v) is 21.4. The van der Waals surface area contributed by atoms with Gasteiger partial charge in [0.25, 0.3) is 0 Å². The molecule has 0 aromatic rings. The number of aliphatic hydroxyl groups is 2. The third-order valence-electron chi connectivity index (χ3n) is 14.4. The topological polar surface area (TPSA) is 95.9 Å². The lowest BCUT2D eigenvalue weighted by molar-refractivity contribution is -0.143. The van der Waals surface area contributed by atoms with Crippen molar-refractivity contribution in [2.24, 2.45) is 0 Å². The number of rotatable bonds is 58. The van der Waals surface area contributed by atoms with Gasteiger partial charge in [-0.1, -0.05) is 281 Å². The quantitative estimate of drug-likeness (QED) is 0.0321. The zero-order chi connectivity index (χ0) is 50.7. The van der Waals surface area contributed by atoms with E-state index in [-0.39, 0.29) is 18.5 Å². The van der Waals surface area contributed by atoms with Gasteiger partial charge in [-0.05, 0) is 77.0 Å². The Balaban J connectivity index is 3.42. The highest BCUT2D eigenvalue weighted by Gasteiger charge is 2.20. The van der Waals surface area contributed by atoms with Crippen LogP contribution in [0.3, 0.4) is 0 Å².